The number of halogens is 2. The van der Waals surface area contributed by atoms with Crippen molar-refractivity contribution in [1.82, 2.24) is 0 Å². The Morgan fingerprint density at radius 2 is 1.21 bits per heavy atom. The summed E-state index contributed by atoms with van der Waals surface area (Å²) < 4.78 is 12.4. The molecule has 0 N–H and O–H groups in total. The molecule has 0 aliphatic heterocycles. The van der Waals surface area contributed by atoms with Crippen molar-refractivity contribution in [3.05, 3.63) is 56.5 Å². The summed E-state index contributed by atoms with van der Waals surface area (Å²) in [6.45, 7) is 0. The highest BCUT2D eigenvalue weighted by atomic mass is 79.9. The summed E-state index contributed by atoms with van der Waals surface area (Å²) >= 11 is 7.01. The lowest BCUT2D eigenvalue weighted by Gasteiger charge is -2.08. The molecule has 0 aromatic heterocycles. The Labute approximate surface area is 130 Å². The second kappa shape index (κ2) is 6.44. The van der Waals surface area contributed by atoms with Crippen molar-refractivity contribution >= 4 is 31.9 Å². The number of methoxy groups -OCH3 is 2. The van der Waals surface area contributed by atoms with Crippen LogP contribution in [0.3, 0.4) is 0 Å². The van der Waals surface area contributed by atoms with Gasteiger partial charge in [0.05, 0.1) is 23.2 Å². The molecule has 0 heterocycles. The highest BCUT2D eigenvalue weighted by Crippen LogP contribution is 2.29. The van der Waals surface area contributed by atoms with Crippen molar-refractivity contribution in [3.8, 4) is 11.5 Å². The molecular weight excluding hydrogens is 372 g/mol. The lowest BCUT2D eigenvalue weighted by Crippen LogP contribution is -1.92. The fraction of sp³-hybridized carbons (Fsp3) is 0.200. The van der Waals surface area contributed by atoms with Gasteiger partial charge in [-0.05, 0) is 73.7 Å². The molecule has 0 fully saturated rings. The molecule has 0 amide bonds. The zero-order valence-corrected chi connectivity index (χ0v) is 13.9. The van der Waals surface area contributed by atoms with Gasteiger partial charge in [-0.2, -0.15) is 0 Å². The summed E-state index contributed by atoms with van der Waals surface area (Å²) in [5, 5.41) is 0. The van der Waals surface area contributed by atoms with Crippen LogP contribution in [0.2, 0.25) is 0 Å². The average molecular weight is 386 g/mol. The molecule has 2 aromatic rings. The van der Waals surface area contributed by atoms with Crippen LogP contribution in [0.1, 0.15) is 11.1 Å². The summed E-state index contributed by atoms with van der Waals surface area (Å²) in [5.41, 5.74) is 2.45. The van der Waals surface area contributed by atoms with E-state index in [4.69, 9.17) is 9.47 Å². The molecule has 0 saturated carbocycles. The Bertz CT molecular complexity index is 531. The molecule has 0 bridgehead atoms. The van der Waals surface area contributed by atoms with Crippen LogP contribution < -0.4 is 9.47 Å². The molecule has 0 unspecified atom stereocenters. The van der Waals surface area contributed by atoms with Crippen LogP contribution in [0.15, 0.2) is 45.3 Å². The van der Waals surface area contributed by atoms with E-state index in [1.807, 2.05) is 12.1 Å². The van der Waals surface area contributed by atoms with Crippen LogP contribution in [0.25, 0.3) is 0 Å². The Morgan fingerprint density at radius 3 is 1.53 bits per heavy atom. The number of hydrogen-bond donors (Lipinski definition) is 0. The van der Waals surface area contributed by atoms with Crippen molar-refractivity contribution in [2.75, 3.05) is 14.2 Å². The molecule has 19 heavy (non-hydrogen) atoms. The van der Waals surface area contributed by atoms with Gasteiger partial charge in [0.2, 0.25) is 0 Å². The minimum atomic E-state index is 0.847. The number of benzene rings is 2. The Morgan fingerprint density at radius 1 is 0.789 bits per heavy atom. The second-order valence-corrected chi connectivity index (χ2v) is 5.82. The summed E-state index contributed by atoms with van der Waals surface area (Å²) in [6.07, 6.45) is 0.866. The molecular formula is C15H14Br2O2. The van der Waals surface area contributed by atoms with Gasteiger partial charge in [-0.3, -0.25) is 0 Å². The standard InChI is InChI=1S/C15H14Br2O2/c1-18-14-5-3-10(8-12(14)16)7-11-4-6-15(19-2)13(17)9-11/h3-6,8-9H,7H2,1-2H3. The lowest BCUT2D eigenvalue weighted by molar-refractivity contribution is 0.412. The molecule has 0 saturated heterocycles. The highest BCUT2D eigenvalue weighted by Gasteiger charge is 2.05. The minimum absolute atomic E-state index is 0.847. The molecule has 0 atom stereocenters. The molecule has 0 aliphatic rings. The topological polar surface area (TPSA) is 18.5 Å². The first kappa shape index (κ1) is 14.4. The van der Waals surface area contributed by atoms with E-state index in [2.05, 4.69) is 56.1 Å². The average Bonchev–Trinajstić information content (AvgIpc) is 2.39. The van der Waals surface area contributed by atoms with E-state index in [1.54, 1.807) is 14.2 Å². The highest BCUT2D eigenvalue weighted by molar-refractivity contribution is 9.10. The smallest absolute Gasteiger partial charge is 0.133 e. The maximum atomic E-state index is 5.23. The van der Waals surface area contributed by atoms with Crippen molar-refractivity contribution in [2.45, 2.75) is 6.42 Å². The van der Waals surface area contributed by atoms with Crippen molar-refractivity contribution in [1.29, 1.82) is 0 Å². The molecule has 2 aromatic carbocycles. The van der Waals surface area contributed by atoms with Gasteiger partial charge < -0.3 is 9.47 Å². The maximum absolute atomic E-state index is 5.23. The van der Waals surface area contributed by atoms with Gasteiger partial charge >= 0.3 is 0 Å². The summed E-state index contributed by atoms with van der Waals surface area (Å²) in [5.74, 6) is 1.69. The Kier molecular flexibility index (Phi) is 4.88. The normalized spacial score (nSPS) is 10.3. The van der Waals surface area contributed by atoms with E-state index >= 15 is 0 Å². The van der Waals surface area contributed by atoms with Crippen LogP contribution >= 0.6 is 31.9 Å². The van der Waals surface area contributed by atoms with Gasteiger partial charge in [0.25, 0.3) is 0 Å². The monoisotopic (exact) mass is 384 g/mol. The minimum Gasteiger partial charge on any atom is -0.496 e. The van der Waals surface area contributed by atoms with E-state index in [0.717, 1.165) is 26.9 Å². The Balaban J connectivity index is 2.21. The third-order valence-corrected chi connectivity index (χ3v) is 4.08. The fourth-order valence-electron chi connectivity index (χ4n) is 1.88. The van der Waals surface area contributed by atoms with E-state index in [9.17, 15) is 0 Å². The van der Waals surface area contributed by atoms with Crippen LogP contribution in [0.4, 0.5) is 0 Å². The van der Waals surface area contributed by atoms with E-state index in [1.165, 1.54) is 11.1 Å². The van der Waals surface area contributed by atoms with Crippen molar-refractivity contribution in [2.24, 2.45) is 0 Å². The predicted octanol–water partition coefficient (Wildman–Crippen LogP) is 4.82. The van der Waals surface area contributed by atoms with Crippen molar-refractivity contribution < 1.29 is 9.47 Å². The van der Waals surface area contributed by atoms with Gasteiger partial charge in [0.15, 0.2) is 0 Å². The third-order valence-electron chi connectivity index (χ3n) is 2.84. The molecule has 0 spiro atoms. The molecule has 4 heteroatoms. The largest absolute Gasteiger partial charge is 0.496 e. The van der Waals surface area contributed by atoms with Gasteiger partial charge in [0, 0.05) is 0 Å². The fourth-order valence-corrected chi connectivity index (χ4v) is 3.05. The number of hydrogen-bond acceptors (Lipinski definition) is 2. The first-order chi connectivity index (χ1) is 9.13. The predicted molar refractivity (Wildman–Crippen MR) is 84.2 cm³/mol. The van der Waals surface area contributed by atoms with Gasteiger partial charge in [-0.1, -0.05) is 12.1 Å². The molecule has 100 valence electrons. The van der Waals surface area contributed by atoms with E-state index in [-0.39, 0.29) is 0 Å². The van der Waals surface area contributed by atoms with E-state index < -0.39 is 0 Å². The van der Waals surface area contributed by atoms with E-state index in [0.29, 0.717) is 0 Å². The maximum Gasteiger partial charge on any atom is 0.133 e. The summed E-state index contributed by atoms with van der Waals surface area (Å²) in [7, 11) is 3.33. The van der Waals surface area contributed by atoms with Crippen LogP contribution in [0.5, 0.6) is 11.5 Å². The molecule has 0 aliphatic carbocycles. The van der Waals surface area contributed by atoms with Crippen LogP contribution in [0, 0.1) is 0 Å². The van der Waals surface area contributed by atoms with Crippen LogP contribution in [-0.4, -0.2) is 14.2 Å². The van der Waals surface area contributed by atoms with Gasteiger partial charge in [-0.25, -0.2) is 0 Å². The zero-order chi connectivity index (χ0) is 13.8. The molecule has 0 radical (unpaired) electrons. The summed E-state index contributed by atoms with van der Waals surface area (Å²) in [4.78, 5) is 0. The first-order valence-electron chi connectivity index (χ1n) is 5.79. The SMILES string of the molecule is COc1ccc(Cc2ccc(OC)c(Br)c2)cc1Br. The Hall–Kier alpha value is -1.00. The molecule has 2 nitrogen and oxygen atoms in total. The molecule has 2 rings (SSSR count). The second-order valence-electron chi connectivity index (χ2n) is 4.11. The van der Waals surface area contributed by atoms with Crippen LogP contribution in [-0.2, 0) is 6.42 Å². The van der Waals surface area contributed by atoms with Gasteiger partial charge in [-0.15, -0.1) is 0 Å². The van der Waals surface area contributed by atoms with Crippen molar-refractivity contribution in [3.63, 3.8) is 0 Å². The summed E-state index contributed by atoms with van der Waals surface area (Å²) in [6, 6.07) is 12.2. The quantitative estimate of drug-likeness (QED) is 0.751. The van der Waals surface area contributed by atoms with Gasteiger partial charge in [0.1, 0.15) is 11.5 Å². The zero-order valence-electron chi connectivity index (χ0n) is 10.7. The lowest BCUT2D eigenvalue weighted by atomic mass is 10.0. The third kappa shape index (κ3) is 3.51. The number of rotatable bonds is 4. The first-order valence-corrected chi connectivity index (χ1v) is 7.37. The number of ether oxygens (including phenoxy) is 2.